The molecule has 2 aliphatic rings. The first-order valence-electron chi connectivity index (χ1n) is 9.71. The molecule has 8 heteroatoms. The number of carbonyl (C=O) groups excluding carboxylic acids is 1. The van der Waals surface area contributed by atoms with Crippen molar-refractivity contribution in [3.8, 4) is 5.88 Å². The Morgan fingerprint density at radius 2 is 2.11 bits per heavy atom. The number of hydrogen-bond acceptors (Lipinski definition) is 5. The van der Waals surface area contributed by atoms with Crippen LogP contribution in [0.2, 0.25) is 5.02 Å². The number of nitrogens with one attached hydrogen (secondary N) is 2. The summed E-state index contributed by atoms with van der Waals surface area (Å²) in [4.78, 5) is 12.2. The highest BCUT2D eigenvalue weighted by atomic mass is 35.5. The van der Waals surface area contributed by atoms with Crippen LogP contribution in [-0.4, -0.2) is 28.3 Å². The Balaban J connectivity index is 1.50. The van der Waals surface area contributed by atoms with E-state index in [9.17, 15) is 4.79 Å². The minimum Gasteiger partial charge on any atom is -0.473 e. The van der Waals surface area contributed by atoms with Gasteiger partial charge >= 0.3 is 0 Å². The second kappa shape index (κ2) is 8.11. The molecule has 1 aliphatic carbocycles. The predicted octanol–water partition coefficient (Wildman–Crippen LogP) is 2.11. The molecule has 4 atom stereocenters. The zero-order valence-corrected chi connectivity index (χ0v) is 16.7. The minimum atomic E-state index is 0.0288. The molecule has 0 bridgehead atoms. The standard InChI is InChI=1S/C20H26ClN5O2/c1-26-20(28-11-12-2-5-14(21)6-3-12)17(10-23-26)13-4-7-15-16(8-13)18(9-22)24-25-19(15)27/h2-3,5-6,10,13,15-16,18,24H,4,7-9,11,22H2,1H3,(H,25,27). The van der Waals surface area contributed by atoms with Crippen LogP contribution >= 0.6 is 11.6 Å². The number of amides is 1. The first-order chi connectivity index (χ1) is 13.6. The maximum atomic E-state index is 12.2. The lowest BCUT2D eigenvalue weighted by Gasteiger charge is -2.43. The van der Waals surface area contributed by atoms with Crippen LogP contribution in [0, 0.1) is 11.8 Å². The third kappa shape index (κ3) is 3.74. The van der Waals surface area contributed by atoms with Crippen molar-refractivity contribution in [3.63, 3.8) is 0 Å². The largest absolute Gasteiger partial charge is 0.473 e. The smallest absolute Gasteiger partial charge is 0.237 e. The number of hydrazine groups is 1. The molecular weight excluding hydrogens is 378 g/mol. The summed E-state index contributed by atoms with van der Waals surface area (Å²) in [6.07, 6.45) is 4.59. The van der Waals surface area contributed by atoms with Gasteiger partial charge in [0.05, 0.1) is 6.20 Å². The van der Waals surface area contributed by atoms with Crippen molar-refractivity contribution in [3.05, 3.63) is 46.6 Å². The van der Waals surface area contributed by atoms with Crippen molar-refractivity contribution in [2.45, 2.75) is 37.8 Å². The SMILES string of the molecule is Cn1ncc(C2CCC3C(=O)NNC(CN)C3C2)c1OCc1ccc(Cl)cc1. The monoisotopic (exact) mass is 403 g/mol. The number of aromatic nitrogens is 2. The van der Waals surface area contributed by atoms with E-state index in [-0.39, 0.29) is 23.8 Å². The fraction of sp³-hybridized carbons (Fsp3) is 0.500. The molecule has 0 radical (unpaired) electrons. The second-order valence-corrected chi connectivity index (χ2v) is 8.14. The van der Waals surface area contributed by atoms with Crippen LogP contribution in [-0.2, 0) is 18.4 Å². The van der Waals surface area contributed by atoms with Crippen LogP contribution in [0.3, 0.4) is 0 Å². The lowest BCUT2D eigenvalue weighted by molar-refractivity contribution is -0.133. The number of aryl methyl sites for hydroxylation is 1. The van der Waals surface area contributed by atoms with E-state index in [1.165, 1.54) is 0 Å². The zero-order valence-electron chi connectivity index (χ0n) is 15.9. The molecule has 1 amide bonds. The number of benzene rings is 1. The van der Waals surface area contributed by atoms with Gasteiger partial charge in [-0.1, -0.05) is 23.7 Å². The third-order valence-corrected chi connectivity index (χ3v) is 6.28. The number of nitrogens with two attached hydrogens (primary N) is 1. The highest BCUT2D eigenvalue weighted by Gasteiger charge is 2.43. The Morgan fingerprint density at radius 3 is 2.86 bits per heavy atom. The van der Waals surface area contributed by atoms with Crippen molar-refractivity contribution >= 4 is 17.5 Å². The van der Waals surface area contributed by atoms with Crippen molar-refractivity contribution in [1.29, 1.82) is 0 Å². The molecule has 4 unspecified atom stereocenters. The van der Waals surface area contributed by atoms with Gasteiger partial charge in [0.2, 0.25) is 11.8 Å². The molecule has 4 N–H and O–H groups in total. The quantitative estimate of drug-likeness (QED) is 0.710. The van der Waals surface area contributed by atoms with Crippen LogP contribution in [0.5, 0.6) is 5.88 Å². The average Bonchev–Trinajstić information content (AvgIpc) is 3.08. The minimum absolute atomic E-state index is 0.0288. The fourth-order valence-electron chi connectivity index (χ4n) is 4.49. The van der Waals surface area contributed by atoms with Gasteiger partial charge in [0, 0.05) is 36.1 Å². The molecule has 1 saturated carbocycles. The predicted molar refractivity (Wildman–Crippen MR) is 107 cm³/mol. The Kier molecular flexibility index (Phi) is 5.57. The van der Waals surface area contributed by atoms with Gasteiger partial charge in [0.25, 0.3) is 0 Å². The van der Waals surface area contributed by atoms with Crippen LogP contribution in [0.4, 0.5) is 0 Å². The second-order valence-electron chi connectivity index (χ2n) is 7.70. The van der Waals surface area contributed by atoms with E-state index < -0.39 is 0 Å². The molecule has 1 aromatic heterocycles. The number of nitrogens with zero attached hydrogens (tertiary/aromatic N) is 2. The van der Waals surface area contributed by atoms with Gasteiger partial charge in [-0.05, 0) is 48.8 Å². The number of hydrogen-bond donors (Lipinski definition) is 3. The van der Waals surface area contributed by atoms with Crippen molar-refractivity contribution < 1.29 is 9.53 Å². The molecule has 2 aromatic rings. The van der Waals surface area contributed by atoms with E-state index in [1.54, 1.807) is 4.68 Å². The maximum absolute atomic E-state index is 12.2. The topological polar surface area (TPSA) is 94.2 Å². The molecule has 2 heterocycles. The lowest BCUT2D eigenvalue weighted by Crippen LogP contribution is -2.62. The molecular formula is C20H26ClN5O2. The number of carbonyl (C=O) groups is 1. The maximum Gasteiger partial charge on any atom is 0.237 e. The van der Waals surface area contributed by atoms with Crippen molar-refractivity contribution in [2.24, 2.45) is 24.6 Å². The molecule has 150 valence electrons. The molecule has 7 nitrogen and oxygen atoms in total. The van der Waals surface area contributed by atoms with Crippen LogP contribution in [0.25, 0.3) is 0 Å². The van der Waals surface area contributed by atoms with E-state index in [0.717, 1.165) is 36.3 Å². The van der Waals surface area contributed by atoms with Crippen LogP contribution in [0.1, 0.15) is 36.3 Å². The summed E-state index contributed by atoms with van der Waals surface area (Å²) in [5, 5.41) is 5.14. The summed E-state index contributed by atoms with van der Waals surface area (Å²) in [5.41, 5.74) is 13.9. The third-order valence-electron chi connectivity index (χ3n) is 6.03. The van der Waals surface area contributed by atoms with Crippen LogP contribution in [0.15, 0.2) is 30.5 Å². The Labute approximate surface area is 169 Å². The Bertz CT molecular complexity index is 838. The molecule has 2 fully saturated rings. The highest BCUT2D eigenvalue weighted by Crippen LogP contribution is 2.44. The molecule has 4 rings (SSSR count). The van der Waals surface area contributed by atoms with Gasteiger partial charge in [-0.3, -0.25) is 10.2 Å². The van der Waals surface area contributed by atoms with E-state index in [1.807, 2.05) is 37.5 Å². The van der Waals surface area contributed by atoms with Gasteiger partial charge in [-0.2, -0.15) is 5.10 Å². The number of fused-ring (bicyclic) bond motifs is 1. The van der Waals surface area contributed by atoms with Crippen molar-refractivity contribution in [2.75, 3.05) is 6.54 Å². The van der Waals surface area contributed by atoms with E-state index in [0.29, 0.717) is 24.1 Å². The summed E-state index contributed by atoms with van der Waals surface area (Å²) >= 11 is 5.96. The molecule has 1 aliphatic heterocycles. The fourth-order valence-corrected chi connectivity index (χ4v) is 4.61. The lowest BCUT2D eigenvalue weighted by atomic mass is 9.68. The molecule has 28 heavy (non-hydrogen) atoms. The Hall–Kier alpha value is -2.09. The van der Waals surface area contributed by atoms with Crippen LogP contribution < -0.4 is 21.3 Å². The van der Waals surface area contributed by atoms with Gasteiger partial charge in [0.1, 0.15) is 6.61 Å². The molecule has 1 saturated heterocycles. The van der Waals surface area contributed by atoms with E-state index in [4.69, 9.17) is 22.1 Å². The summed E-state index contributed by atoms with van der Waals surface area (Å²) in [6.45, 7) is 0.957. The van der Waals surface area contributed by atoms with Crippen molar-refractivity contribution in [1.82, 2.24) is 20.6 Å². The zero-order chi connectivity index (χ0) is 19.7. The molecule has 0 spiro atoms. The first-order valence-corrected chi connectivity index (χ1v) is 10.1. The summed E-state index contributed by atoms with van der Waals surface area (Å²) < 4.78 is 7.92. The number of rotatable bonds is 5. The summed E-state index contributed by atoms with van der Waals surface area (Å²) in [5.74, 6) is 1.43. The van der Waals surface area contributed by atoms with Gasteiger partial charge < -0.3 is 10.5 Å². The summed E-state index contributed by atoms with van der Waals surface area (Å²) in [6, 6.07) is 7.74. The number of halogens is 1. The first kappa shape index (κ1) is 19.2. The van der Waals surface area contributed by atoms with E-state index >= 15 is 0 Å². The van der Waals surface area contributed by atoms with Gasteiger partial charge in [-0.25, -0.2) is 10.1 Å². The van der Waals surface area contributed by atoms with E-state index in [2.05, 4.69) is 16.0 Å². The summed E-state index contributed by atoms with van der Waals surface area (Å²) in [7, 11) is 1.89. The molecule has 1 aromatic carbocycles. The average molecular weight is 404 g/mol. The highest BCUT2D eigenvalue weighted by molar-refractivity contribution is 6.30. The van der Waals surface area contributed by atoms with Gasteiger partial charge in [-0.15, -0.1) is 0 Å². The van der Waals surface area contributed by atoms with Gasteiger partial charge in [0.15, 0.2) is 0 Å². The normalized spacial score (nSPS) is 27.2. The Morgan fingerprint density at radius 1 is 1.32 bits per heavy atom. The number of ether oxygens (including phenoxy) is 1.